The highest BCUT2D eigenvalue weighted by atomic mass is 16.7. The fourth-order valence-electron chi connectivity index (χ4n) is 6.76. The Bertz CT molecular complexity index is 2100. The molecule has 3 aliphatic heterocycles. The third-order valence-corrected chi connectivity index (χ3v) is 9.54. The Morgan fingerprint density at radius 3 is 2.20 bits per heavy atom. The van der Waals surface area contributed by atoms with Crippen molar-refractivity contribution in [3.05, 3.63) is 76.4 Å². The Morgan fingerprint density at radius 1 is 0.870 bits per heavy atom. The lowest BCUT2D eigenvalue weighted by Gasteiger charge is -2.49. The van der Waals surface area contributed by atoms with Crippen molar-refractivity contribution in [1.29, 1.82) is 0 Å². The van der Waals surface area contributed by atoms with Crippen molar-refractivity contribution in [1.82, 2.24) is 0 Å². The number of carbonyl (C=O) groups is 4. The lowest BCUT2D eigenvalue weighted by atomic mass is 9.70. The molecule has 1 aliphatic carbocycles. The van der Waals surface area contributed by atoms with E-state index in [1.54, 1.807) is 12.1 Å². The summed E-state index contributed by atoms with van der Waals surface area (Å²) in [6.45, 7) is -0.937. The van der Waals surface area contributed by atoms with Gasteiger partial charge in [0, 0.05) is 24.1 Å². The van der Waals surface area contributed by atoms with Crippen LogP contribution in [0.25, 0.3) is 0 Å². The summed E-state index contributed by atoms with van der Waals surface area (Å²) in [5.74, 6) is -19.7. The number of hydrogen-bond acceptors (Lipinski definition) is 19. The minimum absolute atomic E-state index is 0.0282. The zero-order chi connectivity index (χ0) is 39.0. The van der Waals surface area contributed by atoms with Crippen molar-refractivity contribution in [3.63, 3.8) is 0 Å². The van der Waals surface area contributed by atoms with Gasteiger partial charge in [0.1, 0.15) is 53.5 Å². The number of Topliss-reactive ketones (excluding diaryl/α,β-unsaturated/α-hetero) is 1. The lowest BCUT2D eigenvalue weighted by Crippen LogP contribution is -2.70. The number of aromatic hydroxyl groups is 5. The predicted molar refractivity (Wildman–Crippen MR) is 170 cm³/mol. The molecule has 0 unspecified atom stereocenters. The molecule has 284 valence electrons. The molecule has 19 heteroatoms. The summed E-state index contributed by atoms with van der Waals surface area (Å²) in [5.41, 5.74) is -2.17. The van der Waals surface area contributed by atoms with Crippen molar-refractivity contribution in [3.8, 4) is 40.2 Å². The largest absolute Gasteiger partial charge is 0.508 e. The summed E-state index contributed by atoms with van der Waals surface area (Å²) < 4.78 is 27.0. The summed E-state index contributed by atoms with van der Waals surface area (Å²) in [6.07, 6.45) is -9.20. The second kappa shape index (κ2) is 12.9. The molecule has 0 amide bonds. The van der Waals surface area contributed by atoms with E-state index in [-0.39, 0.29) is 24.3 Å². The van der Waals surface area contributed by atoms with E-state index < -0.39 is 129 Å². The number of hydrogen-bond donors (Lipinski definition) is 10. The van der Waals surface area contributed by atoms with Gasteiger partial charge in [-0.1, -0.05) is 12.1 Å². The highest BCUT2D eigenvalue weighted by Gasteiger charge is 2.70. The molecule has 54 heavy (non-hydrogen) atoms. The summed E-state index contributed by atoms with van der Waals surface area (Å²) in [6, 6.07) is 8.44. The number of esters is 2. The summed E-state index contributed by atoms with van der Waals surface area (Å²) >= 11 is 0. The Labute approximate surface area is 301 Å². The monoisotopic (exact) mass is 754 g/mol. The minimum atomic E-state index is -3.69. The Kier molecular flexibility index (Phi) is 8.67. The lowest BCUT2D eigenvalue weighted by molar-refractivity contribution is -0.339. The van der Waals surface area contributed by atoms with Crippen LogP contribution < -0.4 is 9.47 Å². The third-order valence-electron chi connectivity index (χ3n) is 9.54. The maximum absolute atomic E-state index is 13.7. The van der Waals surface area contributed by atoms with Gasteiger partial charge >= 0.3 is 17.7 Å². The van der Waals surface area contributed by atoms with Crippen LogP contribution in [-0.4, -0.2) is 123 Å². The van der Waals surface area contributed by atoms with Crippen molar-refractivity contribution in [2.45, 2.75) is 61.0 Å². The van der Waals surface area contributed by atoms with Crippen LogP contribution in [0.2, 0.25) is 0 Å². The topological polar surface area (TPSA) is 317 Å². The number of ether oxygens (including phenoxy) is 5. The van der Waals surface area contributed by atoms with Gasteiger partial charge in [0.25, 0.3) is 5.79 Å². The number of rotatable bonds is 6. The van der Waals surface area contributed by atoms with E-state index in [2.05, 4.69) is 0 Å². The molecule has 3 aromatic rings. The Hall–Kier alpha value is -5.96. The van der Waals surface area contributed by atoms with Gasteiger partial charge in [-0.2, -0.15) is 0 Å². The Balaban J connectivity index is 1.17. The van der Waals surface area contributed by atoms with Gasteiger partial charge in [-0.05, 0) is 36.3 Å². The maximum Gasteiger partial charge on any atom is 0.339 e. The van der Waals surface area contributed by atoms with Gasteiger partial charge in [0.05, 0.1) is 17.1 Å². The molecule has 1 fully saturated rings. The van der Waals surface area contributed by atoms with E-state index in [1.807, 2.05) is 0 Å². The average Bonchev–Trinajstić information content (AvgIpc) is 3.12. The van der Waals surface area contributed by atoms with E-state index in [0.717, 1.165) is 12.1 Å². The van der Waals surface area contributed by atoms with Crippen LogP contribution in [0.3, 0.4) is 0 Å². The summed E-state index contributed by atoms with van der Waals surface area (Å²) in [5, 5.41) is 107. The van der Waals surface area contributed by atoms with Crippen molar-refractivity contribution >= 4 is 23.5 Å². The molecule has 0 radical (unpaired) electrons. The highest BCUT2D eigenvalue weighted by Crippen LogP contribution is 2.58. The first-order valence-corrected chi connectivity index (χ1v) is 16.1. The molecular formula is C35H30O19. The third kappa shape index (κ3) is 5.70. The number of fused-ring (bicyclic) bond motifs is 2. The number of aryl methyl sites for hydroxylation is 1. The molecule has 7 atom stereocenters. The molecule has 3 aromatic carbocycles. The smallest absolute Gasteiger partial charge is 0.339 e. The SMILES string of the molecule is O=C1OC[C@H]2O[C@@H](Oc3cc(O)c(C(=O)CCc4ccc(O)cc4)c(O)c3)[C@H](O)[C@@H](O)[C@@H]2OC(=O)c2cc(O)c(O)c3c2[C@@H]2C1=CC(=O)[C@@](O)(O3)C2(O)O. The highest BCUT2D eigenvalue weighted by molar-refractivity contribution is 6.08. The number of benzene rings is 3. The van der Waals surface area contributed by atoms with Gasteiger partial charge in [-0.25, -0.2) is 9.59 Å². The molecule has 1 saturated heterocycles. The van der Waals surface area contributed by atoms with Crippen LogP contribution in [0.15, 0.2) is 54.1 Å². The number of phenols is 5. The zero-order valence-electron chi connectivity index (χ0n) is 27.4. The van der Waals surface area contributed by atoms with Gasteiger partial charge in [0.15, 0.2) is 23.4 Å². The molecule has 0 aromatic heterocycles. The first-order chi connectivity index (χ1) is 25.4. The molecule has 10 N–H and O–H groups in total. The predicted octanol–water partition coefficient (Wildman–Crippen LogP) is -1.01. The van der Waals surface area contributed by atoms with E-state index in [0.29, 0.717) is 17.7 Å². The summed E-state index contributed by atoms with van der Waals surface area (Å²) in [7, 11) is 0. The number of aliphatic hydroxyl groups excluding tert-OH is 2. The standard InChI is InChI=1S/C35H30O19/c36-13-4-1-12(2-5-13)3-6-17(37)24-18(38)7-14(8-19(24)39)51-33-28(44)27(43)29-21(52-33)11-50-31(45)16-10-22(41)35(49)34(47,48)25(16)23-15(32(46)53-29)9-20(40)26(42)30(23)54-35/h1-2,4-5,7-10,21,25,27-29,33,36,38-40,42-44,47-49H,3,6,11H2/t21-,25+,27-,28-,29-,33-,35-/m1/s1. The van der Waals surface area contributed by atoms with Crippen molar-refractivity contribution in [2.24, 2.45) is 0 Å². The minimum Gasteiger partial charge on any atom is -0.508 e. The van der Waals surface area contributed by atoms with Gasteiger partial charge in [-0.3, -0.25) is 9.59 Å². The van der Waals surface area contributed by atoms with Gasteiger partial charge < -0.3 is 74.7 Å². The van der Waals surface area contributed by atoms with Crippen LogP contribution >= 0.6 is 0 Å². The van der Waals surface area contributed by atoms with Crippen LogP contribution in [0.1, 0.15) is 44.2 Å². The number of ketones is 2. The molecule has 2 bridgehead atoms. The van der Waals surface area contributed by atoms with E-state index in [1.165, 1.54) is 12.1 Å². The second-order valence-corrected chi connectivity index (χ2v) is 12.9. The molecule has 3 heterocycles. The number of carbonyl (C=O) groups excluding carboxylic acids is 4. The van der Waals surface area contributed by atoms with Crippen LogP contribution in [0.4, 0.5) is 0 Å². The van der Waals surface area contributed by atoms with E-state index in [9.17, 15) is 70.2 Å². The number of aliphatic hydroxyl groups is 5. The van der Waals surface area contributed by atoms with E-state index in [4.69, 9.17) is 23.7 Å². The fourth-order valence-corrected chi connectivity index (χ4v) is 6.76. The van der Waals surface area contributed by atoms with Crippen LogP contribution in [-0.2, 0) is 30.2 Å². The van der Waals surface area contributed by atoms with Crippen molar-refractivity contribution < 1.29 is 93.9 Å². The quantitative estimate of drug-likeness (QED) is 0.0624. The van der Waals surface area contributed by atoms with Crippen LogP contribution in [0, 0.1) is 0 Å². The first kappa shape index (κ1) is 36.4. The van der Waals surface area contributed by atoms with Crippen LogP contribution in [0.5, 0.6) is 40.2 Å². The number of phenolic OH excluding ortho intramolecular Hbond substituents is 5. The fraction of sp³-hybridized carbons (Fsp3) is 0.314. The molecular weight excluding hydrogens is 724 g/mol. The normalized spacial score (nSPS) is 28.3. The molecule has 0 spiro atoms. The molecule has 4 aliphatic rings. The van der Waals surface area contributed by atoms with Crippen molar-refractivity contribution in [2.75, 3.05) is 6.61 Å². The first-order valence-electron chi connectivity index (χ1n) is 16.1. The summed E-state index contributed by atoms with van der Waals surface area (Å²) in [4.78, 5) is 52.9. The van der Waals surface area contributed by atoms with Gasteiger partial charge in [0.2, 0.25) is 17.8 Å². The maximum atomic E-state index is 13.7. The van der Waals surface area contributed by atoms with Gasteiger partial charge in [-0.15, -0.1) is 0 Å². The molecule has 7 rings (SSSR count). The number of cyclic esters (lactones) is 1. The zero-order valence-corrected chi connectivity index (χ0v) is 27.4. The van der Waals surface area contributed by atoms with E-state index >= 15 is 0 Å². The second-order valence-electron chi connectivity index (χ2n) is 12.9. The molecule has 19 nitrogen and oxygen atoms in total. The molecule has 0 saturated carbocycles. The average molecular weight is 755 g/mol. The Morgan fingerprint density at radius 2 is 1.54 bits per heavy atom.